The van der Waals surface area contributed by atoms with Gasteiger partial charge in [0.05, 0.1) is 6.61 Å². The standard InChI is InChI=1S/C15H18N2O3S/c1-16-12(10-14(18)17(2)15(16)19)11-21-9-8-20-13-6-4-3-5-7-13/h3-7,10H,8-9,11H2,1-2H3. The Morgan fingerprint density at radius 2 is 1.81 bits per heavy atom. The smallest absolute Gasteiger partial charge is 0.330 e. The van der Waals surface area contributed by atoms with Gasteiger partial charge in [-0.05, 0) is 12.1 Å². The van der Waals surface area contributed by atoms with E-state index in [2.05, 4.69) is 0 Å². The van der Waals surface area contributed by atoms with Crippen molar-refractivity contribution in [2.24, 2.45) is 14.1 Å². The second kappa shape index (κ2) is 7.17. The lowest BCUT2D eigenvalue weighted by atomic mass is 10.3. The summed E-state index contributed by atoms with van der Waals surface area (Å²) in [4.78, 5) is 23.4. The van der Waals surface area contributed by atoms with Gasteiger partial charge in [0.1, 0.15) is 5.75 Å². The van der Waals surface area contributed by atoms with E-state index >= 15 is 0 Å². The maximum absolute atomic E-state index is 11.8. The molecule has 0 atom stereocenters. The Morgan fingerprint density at radius 1 is 1.10 bits per heavy atom. The average Bonchev–Trinajstić information content (AvgIpc) is 2.50. The fraction of sp³-hybridized carbons (Fsp3) is 0.333. The van der Waals surface area contributed by atoms with Crippen LogP contribution in [0.5, 0.6) is 5.75 Å². The van der Waals surface area contributed by atoms with Crippen LogP contribution < -0.4 is 16.0 Å². The maximum Gasteiger partial charge on any atom is 0.330 e. The SMILES string of the molecule is Cn1c(CSCCOc2ccccc2)cc(=O)n(C)c1=O. The molecule has 5 nitrogen and oxygen atoms in total. The van der Waals surface area contributed by atoms with E-state index in [0.717, 1.165) is 21.8 Å². The Hall–Kier alpha value is -1.95. The number of nitrogens with zero attached hydrogens (tertiary/aromatic N) is 2. The summed E-state index contributed by atoms with van der Waals surface area (Å²) in [6, 6.07) is 11.1. The Bertz CT molecular complexity index is 707. The molecule has 6 heteroatoms. The van der Waals surface area contributed by atoms with E-state index in [1.54, 1.807) is 18.8 Å². The minimum atomic E-state index is -0.293. The summed E-state index contributed by atoms with van der Waals surface area (Å²) in [6.45, 7) is 0.591. The number of hydrogen-bond acceptors (Lipinski definition) is 4. The zero-order valence-corrected chi connectivity index (χ0v) is 12.9. The first kappa shape index (κ1) is 15.4. The fourth-order valence-electron chi connectivity index (χ4n) is 1.83. The minimum Gasteiger partial charge on any atom is -0.493 e. The van der Waals surface area contributed by atoms with Crippen molar-refractivity contribution < 1.29 is 4.74 Å². The Labute approximate surface area is 127 Å². The number of thioether (sulfide) groups is 1. The third-order valence-electron chi connectivity index (χ3n) is 3.11. The molecular formula is C15H18N2O3S. The van der Waals surface area contributed by atoms with Crippen molar-refractivity contribution in [3.63, 3.8) is 0 Å². The van der Waals surface area contributed by atoms with E-state index in [9.17, 15) is 9.59 Å². The molecule has 0 radical (unpaired) electrons. The Morgan fingerprint density at radius 3 is 2.52 bits per heavy atom. The average molecular weight is 306 g/mol. The summed E-state index contributed by atoms with van der Waals surface area (Å²) in [5.74, 6) is 2.25. The van der Waals surface area contributed by atoms with Gasteiger partial charge < -0.3 is 4.74 Å². The predicted octanol–water partition coefficient (Wildman–Crippen LogP) is 1.40. The van der Waals surface area contributed by atoms with Crippen molar-refractivity contribution in [1.82, 2.24) is 9.13 Å². The van der Waals surface area contributed by atoms with Crippen molar-refractivity contribution in [3.05, 3.63) is 62.9 Å². The molecule has 0 saturated carbocycles. The number of benzene rings is 1. The molecule has 0 N–H and O–H groups in total. The third kappa shape index (κ3) is 4.01. The zero-order valence-electron chi connectivity index (χ0n) is 12.1. The molecule has 0 amide bonds. The molecule has 0 aliphatic rings. The number of aromatic nitrogens is 2. The maximum atomic E-state index is 11.8. The zero-order chi connectivity index (χ0) is 15.2. The lowest BCUT2D eigenvalue weighted by molar-refractivity contribution is 0.344. The van der Waals surface area contributed by atoms with Crippen molar-refractivity contribution in [2.45, 2.75) is 5.75 Å². The van der Waals surface area contributed by atoms with E-state index in [4.69, 9.17) is 4.74 Å². The van der Waals surface area contributed by atoms with Crippen molar-refractivity contribution in [2.75, 3.05) is 12.4 Å². The molecule has 0 aliphatic heterocycles. The first-order valence-corrected chi connectivity index (χ1v) is 7.76. The molecule has 0 unspecified atom stereocenters. The fourth-order valence-corrected chi connectivity index (χ4v) is 2.66. The number of rotatable bonds is 6. The molecule has 1 aromatic carbocycles. The van der Waals surface area contributed by atoms with Crippen molar-refractivity contribution in [3.8, 4) is 5.75 Å². The molecule has 0 fully saturated rings. The van der Waals surface area contributed by atoms with Crippen molar-refractivity contribution >= 4 is 11.8 Å². The summed E-state index contributed by atoms with van der Waals surface area (Å²) in [6.07, 6.45) is 0. The second-order valence-electron chi connectivity index (χ2n) is 4.59. The third-order valence-corrected chi connectivity index (χ3v) is 4.07. The van der Waals surface area contributed by atoms with Crippen LogP contribution in [0.1, 0.15) is 5.69 Å². The Balaban J connectivity index is 1.84. The largest absolute Gasteiger partial charge is 0.493 e. The Kier molecular flexibility index (Phi) is 5.27. The molecule has 1 aromatic heterocycles. The van der Waals surface area contributed by atoms with Gasteiger partial charge in [-0.2, -0.15) is 11.8 Å². The molecule has 2 aromatic rings. The molecule has 0 aliphatic carbocycles. The second-order valence-corrected chi connectivity index (χ2v) is 5.69. The van der Waals surface area contributed by atoms with Gasteiger partial charge in [-0.15, -0.1) is 0 Å². The number of para-hydroxylation sites is 1. The summed E-state index contributed by atoms with van der Waals surface area (Å²) in [7, 11) is 3.16. The van der Waals surface area contributed by atoms with Gasteiger partial charge in [0.25, 0.3) is 5.56 Å². The van der Waals surface area contributed by atoms with Gasteiger partial charge in [0.2, 0.25) is 0 Å². The molecule has 0 saturated heterocycles. The van der Waals surface area contributed by atoms with Gasteiger partial charge in [-0.25, -0.2) is 4.79 Å². The summed E-state index contributed by atoms with van der Waals surface area (Å²) in [5.41, 5.74) is 0.167. The lowest BCUT2D eigenvalue weighted by Crippen LogP contribution is -2.37. The summed E-state index contributed by atoms with van der Waals surface area (Å²) in [5, 5.41) is 0. The molecular weight excluding hydrogens is 288 g/mol. The highest BCUT2D eigenvalue weighted by Gasteiger charge is 2.05. The van der Waals surface area contributed by atoms with Crippen LogP contribution in [0.3, 0.4) is 0 Å². The first-order chi connectivity index (χ1) is 10.1. The van der Waals surface area contributed by atoms with E-state index in [0.29, 0.717) is 12.4 Å². The molecule has 112 valence electrons. The molecule has 2 rings (SSSR count). The van der Waals surface area contributed by atoms with Crippen LogP contribution in [-0.2, 0) is 19.8 Å². The number of hydrogen-bond donors (Lipinski definition) is 0. The highest BCUT2D eigenvalue weighted by molar-refractivity contribution is 7.98. The van der Waals surface area contributed by atoms with E-state index in [1.165, 1.54) is 17.7 Å². The van der Waals surface area contributed by atoms with Gasteiger partial charge in [-0.3, -0.25) is 13.9 Å². The van der Waals surface area contributed by atoms with Gasteiger partial charge in [-0.1, -0.05) is 18.2 Å². The molecule has 0 spiro atoms. The number of ether oxygens (including phenoxy) is 1. The topological polar surface area (TPSA) is 53.2 Å². The van der Waals surface area contributed by atoms with Crippen LogP contribution in [0.2, 0.25) is 0 Å². The normalized spacial score (nSPS) is 10.6. The van der Waals surface area contributed by atoms with Crippen LogP contribution in [0.4, 0.5) is 0 Å². The van der Waals surface area contributed by atoms with Crippen LogP contribution in [0.25, 0.3) is 0 Å². The predicted molar refractivity (Wildman–Crippen MR) is 85.0 cm³/mol. The van der Waals surface area contributed by atoms with Gasteiger partial charge >= 0.3 is 5.69 Å². The summed E-state index contributed by atoms with van der Waals surface area (Å²) >= 11 is 1.63. The summed E-state index contributed by atoms with van der Waals surface area (Å²) < 4.78 is 8.20. The first-order valence-electron chi connectivity index (χ1n) is 6.61. The van der Waals surface area contributed by atoms with Gasteiger partial charge in [0.15, 0.2) is 0 Å². The van der Waals surface area contributed by atoms with Crippen LogP contribution in [0.15, 0.2) is 46.0 Å². The van der Waals surface area contributed by atoms with Crippen LogP contribution >= 0.6 is 11.8 Å². The molecule has 21 heavy (non-hydrogen) atoms. The minimum absolute atomic E-state index is 0.269. The van der Waals surface area contributed by atoms with Crippen molar-refractivity contribution in [1.29, 1.82) is 0 Å². The van der Waals surface area contributed by atoms with Gasteiger partial charge in [0, 0.05) is 37.4 Å². The quantitative estimate of drug-likeness (QED) is 0.757. The molecule has 1 heterocycles. The van der Waals surface area contributed by atoms with Crippen LogP contribution in [-0.4, -0.2) is 21.5 Å². The molecule has 0 bridgehead atoms. The lowest BCUT2D eigenvalue weighted by Gasteiger charge is -2.09. The monoisotopic (exact) mass is 306 g/mol. The van der Waals surface area contributed by atoms with Crippen LogP contribution in [0, 0.1) is 0 Å². The van der Waals surface area contributed by atoms with E-state index in [-0.39, 0.29) is 11.2 Å². The highest BCUT2D eigenvalue weighted by Crippen LogP contribution is 2.11. The highest BCUT2D eigenvalue weighted by atomic mass is 32.2. The van der Waals surface area contributed by atoms with E-state index < -0.39 is 0 Å². The van der Waals surface area contributed by atoms with E-state index in [1.807, 2.05) is 30.3 Å².